The van der Waals surface area contributed by atoms with Crippen LogP contribution in [0, 0.1) is 0 Å². The molecule has 0 amide bonds. The molecular formula is C8H16O6. The molecule has 0 radical (unpaired) electrons. The first-order valence-electron chi connectivity index (χ1n) is 4.39. The molecule has 1 aliphatic rings. The predicted octanol–water partition coefficient (Wildman–Crippen LogP) is -2.44. The molecule has 14 heavy (non-hydrogen) atoms. The Balaban J connectivity index is 2.81. The predicted molar refractivity (Wildman–Crippen MR) is 45.2 cm³/mol. The molecule has 0 unspecified atom stereocenters. The van der Waals surface area contributed by atoms with Crippen molar-refractivity contribution < 1.29 is 30.3 Å². The van der Waals surface area contributed by atoms with Crippen molar-refractivity contribution in [3.05, 3.63) is 0 Å². The monoisotopic (exact) mass is 208 g/mol. The van der Waals surface area contributed by atoms with Gasteiger partial charge < -0.3 is 30.3 Å². The fourth-order valence-electron chi connectivity index (χ4n) is 1.50. The molecule has 6 nitrogen and oxygen atoms in total. The molecule has 5 atom stereocenters. The Kier molecular flexibility index (Phi) is 3.15. The van der Waals surface area contributed by atoms with E-state index in [-0.39, 0.29) is 0 Å². The summed E-state index contributed by atoms with van der Waals surface area (Å²) in [5.74, 6) is -2.26. The van der Waals surface area contributed by atoms with Crippen LogP contribution in [0.15, 0.2) is 0 Å². The van der Waals surface area contributed by atoms with E-state index in [4.69, 9.17) is 4.74 Å². The fourth-order valence-corrected chi connectivity index (χ4v) is 1.50. The minimum Gasteiger partial charge on any atom is -0.388 e. The van der Waals surface area contributed by atoms with Crippen molar-refractivity contribution in [2.75, 3.05) is 0 Å². The van der Waals surface area contributed by atoms with Gasteiger partial charge in [-0.1, -0.05) is 0 Å². The highest BCUT2D eigenvalue weighted by atomic mass is 16.6. The SMILES string of the molecule is C[C@@H]1O[C@H](C(C)(O)O)[C@@H](O)[C@H](O)[C@@H]1O. The first-order valence-corrected chi connectivity index (χ1v) is 4.39. The minimum absolute atomic E-state index is 0.767. The van der Waals surface area contributed by atoms with Gasteiger partial charge in [0.25, 0.3) is 0 Å². The molecule has 0 aromatic heterocycles. The van der Waals surface area contributed by atoms with Gasteiger partial charge in [-0.3, -0.25) is 0 Å². The number of aliphatic hydroxyl groups is 5. The van der Waals surface area contributed by atoms with E-state index in [1.165, 1.54) is 6.92 Å². The Morgan fingerprint density at radius 2 is 1.50 bits per heavy atom. The third-order valence-corrected chi connectivity index (χ3v) is 2.39. The number of hydrogen-bond acceptors (Lipinski definition) is 6. The van der Waals surface area contributed by atoms with Crippen LogP contribution >= 0.6 is 0 Å². The molecule has 0 bridgehead atoms. The van der Waals surface area contributed by atoms with Gasteiger partial charge in [-0.25, -0.2) is 0 Å². The number of ether oxygens (including phenoxy) is 1. The van der Waals surface area contributed by atoms with E-state index in [0.717, 1.165) is 6.92 Å². The lowest BCUT2D eigenvalue weighted by Crippen LogP contribution is -2.63. The van der Waals surface area contributed by atoms with Crippen LogP contribution in [-0.4, -0.2) is 61.8 Å². The standard InChI is InChI=1S/C8H16O6/c1-3-4(9)5(10)6(11)7(14-3)8(2,12)13/h3-7,9-13H,1-2H3/t3-,4+,5+,6-,7-/m0/s1. The number of rotatable bonds is 1. The molecule has 0 aromatic rings. The molecule has 1 rings (SSSR count). The lowest BCUT2D eigenvalue weighted by molar-refractivity contribution is -0.308. The van der Waals surface area contributed by atoms with Crippen LogP contribution in [-0.2, 0) is 4.74 Å². The largest absolute Gasteiger partial charge is 0.388 e. The van der Waals surface area contributed by atoms with Crippen molar-refractivity contribution in [2.24, 2.45) is 0 Å². The van der Waals surface area contributed by atoms with Crippen LogP contribution in [0.4, 0.5) is 0 Å². The molecule has 6 heteroatoms. The highest BCUT2D eigenvalue weighted by Gasteiger charge is 2.48. The Labute approximate surface area is 81.4 Å². The number of aliphatic hydroxyl groups excluding tert-OH is 3. The van der Waals surface area contributed by atoms with Crippen molar-refractivity contribution >= 4 is 0 Å². The third kappa shape index (κ3) is 2.05. The van der Waals surface area contributed by atoms with E-state index in [9.17, 15) is 25.5 Å². The molecule has 0 spiro atoms. The maximum absolute atomic E-state index is 9.41. The van der Waals surface area contributed by atoms with E-state index in [2.05, 4.69) is 0 Å². The van der Waals surface area contributed by atoms with Gasteiger partial charge in [0.15, 0.2) is 5.79 Å². The average molecular weight is 208 g/mol. The quantitative estimate of drug-likeness (QED) is 0.306. The van der Waals surface area contributed by atoms with Gasteiger partial charge in [-0.15, -0.1) is 0 Å². The van der Waals surface area contributed by atoms with Gasteiger partial charge in [0.05, 0.1) is 6.10 Å². The zero-order valence-electron chi connectivity index (χ0n) is 8.03. The lowest BCUT2D eigenvalue weighted by atomic mass is 9.92. The van der Waals surface area contributed by atoms with Crippen molar-refractivity contribution in [2.45, 2.75) is 50.2 Å². The number of hydrogen-bond donors (Lipinski definition) is 5. The highest BCUT2D eigenvalue weighted by molar-refractivity contribution is 4.94. The molecular weight excluding hydrogens is 192 g/mol. The average Bonchev–Trinajstić information content (AvgIpc) is 2.06. The fraction of sp³-hybridized carbons (Fsp3) is 1.00. The van der Waals surface area contributed by atoms with Gasteiger partial charge in [0.1, 0.15) is 24.4 Å². The lowest BCUT2D eigenvalue weighted by Gasteiger charge is -2.43. The van der Waals surface area contributed by atoms with Gasteiger partial charge in [-0.2, -0.15) is 0 Å². The van der Waals surface area contributed by atoms with Crippen molar-refractivity contribution in [1.82, 2.24) is 0 Å². The minimum atomic E-state index is -2.26. The van der Waals surface area contributed by atoms with Gasteiger partial charge >= 0.3 is 0 Å². The van der Waals surface area contributed by atoms with Crippen LogP contribution in [0.2, 0.25) is 0 Å². The Morgan fingerprint density at radius 1 is 1.00 bits per heavy atom. The second-order valence-corrected chi connectivity index (χ2v) is 3.83. The summed E-state index contributed by atoms with van der Waals surface area (Å²) in [5, 5.41) is 46.5. The zero-order valence-corrected chi connectivity index (χ0v) is 8.03. The van der Waals surface area contributed by atoms with Gasteiger partial charge in [0.2, 0.25) is 0 Å². The van der Waals surface area contributed by atoms with Crippen molar-refractivity contribution in [3.8, 4) is 0 Å². The summed E-state index contributed by atoms with van der Waals surface area (Å²) < 4.78 is 4.99. The zero-order chi connectivity index (χ0) is 11.1. The van der Waals surface area contributed by atoms with E-state index < -0.39 is 36.3 Å². The molecule has 0 aliphatic carbocycles. The molecule has 0 aromatic carbocycles. The highest BCUT2D eigenvalue weighted by Crippen LogP contribution is 2.26. The summed E-state index contributed by atoms with van der Waals surface area (Å²) in [6.45, 7) is 2.51. The van der Waals surface area contributed by atoms with Crippen LogP contribution in [0.5, 0.6) is 0 Å². The first-order chi connectivity index (χ1) is 6.25. The smallest absolute Gasteiger partial charge is 0.189 e. The molecule has 1 fully saturated rings. The maximum Gasteiger partial charge on any atom is 0.189 e. The summed E-state index contributed by atoms with van der Waals surface area (Å²) in [4.78, 5) is 0. The van der Waals surface area contributed by atoms with Crippen LogP contribution in [0.1, 0.15) is 13.8 Å². The Hall–Kier alpha value is -0.240. The normalized spacial score (nSPS) is 45.2. The van der Waals surface area contributed by atoms with Crippen LogP contribution < -0.4 is 0 Å². The summed E-state index contributed by atoms with van der Waals surface area (Å²) in [6, 6.07) is 0. The van der Waals surface area contributed by atoms with Crippen LogP contribution in [0.25, 0.3) is 0 Å². The van der Waals surface area contributed by atoms with E-state index in [1.54, 1.807) is 0 Å². The van der Waals surface area contributed by atoms with E-state index >= 15 is 0 Å². The van der Waals surface area contributed by atoms with Gasteiger partial charge in [-0.05, 0) is 13.8 Å². The summed E-state index contributed by atoms with van der Waals surface area (Å²) >= 11 is 0. The third-order valence-electron chi connectivity index (χ3n) is 2.39. The van der Waals surface area contributed by atoms with Gasteiger partial charge in [0, 0.05) is 0 Å². The second-order valence-electron chi connectivity index (χ2n) is 3.83. The maximum atomic E-state index is 9.41. The molecule has 1 heterocycles. The summed E-state index contributed by atoms with van der Waals surface area (Å²) in [5.41, 5.74) is 0. The van der Waals surface area contributed by atoms with E-state index in [1.807, 2.05) is 0 Å². The first kappa shape index (κ1) is 11.8. The van der Waals surface area contributed by atoms with Crippen LogP contribution in [0.3, 0.4) is 0 Å². The Morgan fingerprint density at radius 3 is 1.93 bits per heavy atom. The summed E-state index contributed by atoms with van der Waals surface area (Å²) in [7, 11) is 0. The topological polar surface area (TPSA) is 110 Å². The molecule has 1 aliphatic heterocycles. The second kappa shape index (κ2) is 3.73. The summed E-state index contributed by atoms with van der Waals surface area (Å²) in [6.07, 6.45) is -6.31. The molecule has 0 saturated carbocycles. The Bertz CT molecular complexity index is 200. The molecule has 84 valence electrons. The van der Waals surface area contributed by atoms with E-state index in [0.29, 0.717) is 0 Å². The van der Waals surface area contributed by atoms with Crippen molar-refractivity contribution in [3.63, 3.8) is 0 Å². The molecule has 5 N–H and O–H groups in total. The molecule has 1 saturated heterocycles. The van der Waals surface area contributed by atoms with Crippen molar-refractivity contribution in [1.29, 1.82) is 0 Å².